The van der Waals surface area contributed by atoms with Gasteiger partial charge in [0.1, 0.15) is 11.6 Å². The molecule has 1 atom stereocenters. The van der Waals surface area contributed by atoms with Crippen LogP contribution in [0.5, 0.6) is 0 Å². The Morgan fingerprint density at radius 2 is 2.14 bits per heavy atom. The van der Waals surface area contributed by atoms with E-state index in [0.29, 0.717) is 17.1 Å². The Labute approximate surface area is 134 Å². The summed E-state index contributed by atoms with van der Waals surface area (Å²) in [6.07, 6.45) is 1.44. The Balaban J connectivity index is 1.70. The van der Waals surface area contributed by atoms with E-state index in [4.69, 9.17) is 11.6 Å². The van der Waals surface area contributed by atoms with Crippen molar-refractivity contribution >= 4 is 21.6 Å². The molecule has 1 aliphatic heterocycles. The van der Waals surface area contributed by atoms with Crippen LogP contribution in [0.1, 0.15) is 23.6 Å². The van der Waals surface area contributed by atoms with Gasteiger partial charge in [-0.3, -0.25) is 0 Å². The van der Waals surface area contributed by atoms with E-state index in [0.717, 1.165) is 24.5 Å². The fourth-order valence-corrected chi connectivity index (χ4v) is 4.40. The van der Waals surface area contributed by atoms with E-state index < -0.39 is 10.0 Å². The van der Waals surface area contributed by atoms with Crippen molar-refractivity contribution in [1.82, 2.24) is 19.5 Å². The number of hydrogen-bond donors (Lipinski definition) is 1. The normalized spacial score (nSPS) is 18.2. The second kappa shape index (κ2) is 5.98. The molecule has 6 nitrogen and oxygen atoms in total. The van der Waals surface area contributed by atoms with Crippen molar-refractivity contribution in [2.45, 2.75) is 38.1 Å². The number of nitrogens with one attached hydrogen (secondary N) is 1. The second-order valence-corrected chi connectivity index (χ2v) is 7.64. The minimum Gasteiger partial charge on any atom is -0.314 e. The van der Waals surface area contributed by atoms with E-state index in [1.54, 1.807) is 24.3 Å². The van der Waals surface area contributed by atoms with E-state index in [9.17, 15) is 8.42 Å². The van der Waals surface area contributed by atoms with Crippen molar-refractivity contribution in [2.24, 2.45) is 0 Å². The molecule has 22 heavy (non-hydrogen) atoms. The molecule has 0 saturated heterocycles. The Morgan fingerprint density at radius 3 is 2.91 bits per heavy atom. The van der Waals surface area contributed by atoms with Crippen molar-refractivity contribution in [3.63, 3.8) is 0 Å². The molecule has 0 aliphatic carbocycles. The van der Waals surface area contributed by atoms with Gasteiger partial charge in [0.05, 0.1) is 5.75 Å². The highest BCUT2D eigenvalue weighted by molar-refractivity contribution is 7.88. The maximum absolute atomic E-state index is 12.3. The fourth-order valence-electron chi connectivity index (χ4n) is 2.67. The highest BCUT2D eigenvalue weighted by atomic mass is 35.5. The van der Waals surface area contributed by atoms with Crippen LogP contribution >= 0.6 is 11.6 Å². The lowest BCUT2D eigenvalue weighted by Crippen LogP contribution is -2.41. The SMILES string of the molecule is Cc1nnc2n1CC(NS(=O)(=O)Cc1ccccc1Cl)CC2. The van der Waals surface area contributed by atoms with Gasteiger partial charge in [0, 0.05) is 24.0 Å². The largest absolute Gasteiger partial charge is 0.314 e. The summed E-state index contributed by atoms with van der Waals surface area (Å²) in [5, 5.41) is 8.58. The average Bonchev–Trinajstić information content (AvgIpc) is 2.82. The predicted octanol–water partition coefficient (Wildman–Crippen LogP) is 1.67. The molecular formula is C14H17ClN4O2S. The first kappa shape index (κ1) is 15.5. The van der Waals surface area contributed by atoms with Gasteiger partial charge >= 0.3 is 0 Å². The van der Waals surface area contributed by atoms with Crippen LogP contribution in [0.25, 0.3) is 0 Å². The Morgan fingerprint density at radius 1 is 1.36 bits per heavy atom. The zero-order chi connectivity index (χ0) is 15.7. The summed E-state index contributed by atoms with van der Waals surface area (Å²) in [5.74, 6) is 1.61. The lowest BCUT2D eigenvalue weighted by atomic mass is 10.1. The molecule has 0 saturated carbocycles. The molecule has 2 aromatic rings. The molecule has 118 valence electrons. The van der Waals surface area contributed by atoms with E-state index in [2.05, 4.69) is 14.9 Å². The van der Waals surface area contributed by atoms with Gasteiger partial charge in [-0.2, -0.15) is 0 Å². The van der Waals surface area contributed by atoms with Crippen LogP contribution in [0.2, 0.25) is 5.02 Å². The number of aryl methyl sites for hydroxylation is 2. The molecule has 0 bridgehead atoms. The highest BCUT2D eigenvalue weighted by Gasteiger charge is 2.25. The third kappa shape index (κ3) is 3.31. The molecule has 1 unspecified atom stereocenters. The standard InChI is InChI=1S/C14H17ClN4O2S/c1-10-16-17-14-7-6-12(8-19(10)14)18-22(20,21)9-11-4-2-3-5-13(11)15/h2-5,12,18H,6-9H2,1H3. The molecular weight excluding hydrogens is 324 g/mol. The topological polar surface area (TPSA) is 76.9 Å². The number of benzene rings is 1. The van der Waals surface area contributed by atoms with Crippen LogP contribution < -0.4 is 4.72 Å². The number of fused-ring (bicyclic) bond motifs is 1. The number of sulfonamides is 1. The molecule has 0 radical (unpaired) electrons. The molecule has 1 aromatic heterocycles. The van der Waals surface area contributed by atoms with Crippen molar-refractivity contribution in [3.05, 3.63) is 46.5 Å². The number of rotatable bonds is 4. The molecule has 1 aliphatic rings. The first-order valence-electron chi connectivity index (χ1n) is 7.07. The van der Waals surface area contributed by atoms with Crippen LogP contribution in [-0.2, 0) is 28.7 Å². The van der Waals surface area contributed by atoms with Gasteiger partial charge < -0.3 is 4.57 Å². The van der Waals surface area contributed by atoms with Crippen molar-refractivity contribution in [2.75, 3.05) is 0 Å². The molecule has 0 fully saturated rings. The summed E-state index contributed by atoms with van der Waals surface area (Å²) in [4.78, 5) is 0. The molecule has 0 amide bonds. The van der Waals surface area contributed by atoms with Crippen LogP contribution in [0.15, 0.2) is 24.3 Å². The van der Waals surface area contributed by atoms with Crippen molar-refractivity contribution in [1.29, 1.82) is 0 Å². The third-order valence-electron chi connectivity index (χ3n) is 3.78. The van der Waals surface area contributed by atoms with Gasteiger partial charge in [-0.25, -0.2) is 13.1 Å². The lowest BCUT2D eigenvalue weighted by Gasteiger charge is -2.24. The maximum atomic E-state index is 12.3. The summed E-state index contributed by atoms with van der Waals surface area (Å²) in [7, 11) is -3.44. The zero-order valence-corrected chi connectivity index (χ0v) is 13.7. The Kier molecular flexibility index (Phi) is 4.20. The first-order valence-corrected chi connectivity index (χ1v) is 9.10. The van der Waals surface area contributed by atoms with Gasteiger partial charge in [-0.15, -0.1) is 10.2 Å². The maximum Gasteiger partial charge on any atom is 0.216 e. The quantitative estimate of drug-likeness (QED) is 0.918. The molecule has 1 N–H and O–H groups in total. The molecule has 0 spiro atoms. The fraction of sp³-hybridized carbons (Fsp3) is 0.429. The minimum atomic E-state index is -3.44. The summed E-state index contributed by atoms with van der Waals surface area (Å²) in [5.41, 5.74) is 0.605. The van der Waals surface area contributed by atoms with E-state index in [1.807, 2.05) is 11.5 Å². The second-order valence-electron chi connectivity index (χ2n) is 5.48. The summed E-state index contributed by atoms with van der Waals surface area (Å²) in [6, 6.07) is 6.84. The van der Waals surface area contributed by atoms with Crippen LogP contribution in [0.3, 0.4) is 0 Å². The van der Waals surface area contributed by atoms with Gasteiger partial charge in [0.25, 0.3) is 0 Å². The number of hydrogen-bond acceptors (Lipinski definition) is 4. The van der Waals surface area contributed by atoms with Crippen LogP contribution in [0, 0.1) is 6.92 Å². The number of halogens is 1. The minimum absolute atomic E-state index is 0.114. The van der Waals surface area contributed by atoms with Gasteiger partial charge in [-0.1, -0.05) is 29.8 Å². The van der Waals surface area contributed by atoms with Crippen molar-refractivity contribution < 1.29 is 8.42 Å². The zero-order valence-electron chi connectivity index (χ0n) is 12.2. The monoisotopic (exact) mass is 340 g/mol. The van der Waals surface area contributed by atoms with Crippen LogP contribution in [0.4, 0.5) is 0 Å². The number of nitrogens with zero attached hydrogens (tertiary/aromatic N) is 3. The lowest BCUT2D eigenvalue weighted by molar-refractivity contribution is 0.416. The molecule has 8 heteroatoms. The predicted molar refractivity (Wildman–Crippen MR) is 84.1 cm³/mol. The average molecular weight is 341 g/mol. The molecule has 2 heterocycles. The van der Waals surface area contributed by atoms with Crippen LogP contribution in [-0.4, -0.2) is 29.2 Å². The van der Waals surface area contributed by atoms with E-state index >= 15 is 0 Å². The molecule has 3 rings (SSSR count). The molecule has 1 aromatic carbocycles. The Hall–Kier alpha value is -1.44. The van der Waals surface area contributed by atoms with Crippen molar-refractivity contribution in [3.8, 4) is 0 Å². The van der Waals surface area contributed by atoms with Gasteiger partial charge in [0.2, 0.25) is 10.0 Å². The summed E-state index contributed by atoms with van der Waals surface area (Å²) >= 11 is 6.03. The summed E-state index contributed by atoms with van der Waals surface area (Å²) < 4.78 is 29.4. The van der Waals surface area contributed by atoms with Gasteiger partial charge in [-0.05, 0) is 25.0 Å². The summed E-state index contributed by atoms with van der Waals surface area (Å²) in [6.45, 7) is 2.44. The van der Waals surface area contributed by atoms with E-state index in [-0.39, 0.29) is 11.8 Å². The Bertz CT molecular complexity index is 788. The highest BCUT2D eigenvalue weighted by Crippen LogP contribution is 2.19. The number of aromatic nitrogens is 3. The van der Waals surface area contributed by atoms with E-state index in [1.165, 1.54) is 0 Å². The smallest absolute Gasteiger partial charge is 0.216 e. The third-order valence-corrected chi connectivity index (χ3v) is 5.53. The van der Waals surface area contributed by atoms with Gasteiger partial charge in [0.15, 0.2) is 0 Å². The first-order chi connectivity index (χ1) is 10.4.